The highest BCUT2D eigenvalue weighted by molar-refractivity contribution is 5.95. The first-order valence-corrected chi connectivity index (χ1v) is 7.11. The molecule has 2 aliphatic rings. The molecule has 2 heterocycles. The Balaban J connectivity index is 0.00000132. The number of anilines is 2. The Morgan fingerprint density at radius 3 is 2.43 bits per heavy atom. The largest absolute Gasteiger partial charge is 0.392 e. The maximum Gasteiger partial charge on any atom is 0.241 e. The van der Waals surface area contributed by atoms with Crippen LogP contribution in [0.5, 0.6) is 0 Å². The molecule has 0 bridgehead atoms. The molecule has 2 fully saturated rings. The molecule has 1 aliphatic heterocycles. The van der Waals surface area contributed by atoms with Crippen LogP contribution in [0.15, 0.2) is 18.3 Å². The normalized spacial score (nSPS) is 22.5. The summed E-state index contributed by atoms with van der Waals surface area (Å²) in [4.78, 5) is 27.6. The van der Waals surface area contributed by atoms with E-state index in [4.69, 9.17) is 0 Å². The van der Waals surface area contributed by atoms with Crippen molar-refractivity contribution in [1.82, 2.24) is 10.3 Å². The van der Waals surface area contributed by atoms with Crippen LogP contribution in [0.3, 0.4) is 0 Å². The number of aliphatic hydroxyl groups is 1. The van der Waals surface area contributed by atoms with Crippen molar-refractivity contribution in [3.63, 3.8) is 0 Å². The number of carbonyl (C=O) groups excluding carboxylic acids is 2. The van der Waals surface area contributed by atoms with E-state index >= 15 is 0 Å². The Morgan fingerprint density at radius 2 is 1.91 bits per heavy atom. The molecule has 1 aromatic heterocycles. The average Bonchev–Trinajstić information content (AvgIpc) is 3.23. The highest BCUT2D eigenvalue weighted by atomic mass is 35.5. The molecule has 1 aromatic rings. The lowest BCUT2D eigenvalue weighted by atomic mass is 10.2. The van der Waals surface area contributed by atoms with Gasteiger partial charge in [0.15, 0.2) is 0 Å². The van der Waals surface area contributed by atoms with Crippen LogP contribution in [0, 0.1) is 5.92 Å². The maximum atomic E-state index is 11.9. The minimum Gasteiger partial charge on any atom is -0.392 e. The molecule has 0 aromatic carbocycles. The number of halogens is 2. The van der Waals surface area contributed by atoms with Crippen molar-refractivity contribution in [1.29, 1.82) is 0 Å². The molecule has 4 N–H and O–H groups in total. The minimum atomic E-state index is -0.473. The molecule has 2 amide bonds. The van der Waals surface area contributed by atoms with Gasteiger partial charge in [-0.3, -0.25) is 9.59 Å². The van der Waals surface area contributed by atoms with Crippen LogP contribution in [0.2, 0.25) is 0 Å². The number of aliphatic hydroxyl groups excluding tert-OH is 1. The van der Waals surface area contributed by atoms with Gasteiger partial charge in [-0.2, -0.15) is 0 Å². The summed E-state index contributed by atoms with van der Waals surface area (Å²) >= 11 is 0. The van der Waals surface area contributed by atoms with E-state index in [0.717, 1.165) is 12.8 Å². The van der Waals surface area contributed by atoms with Gasteiger partial charge in [0.2, 0.25) is 11.8 Å². The maximum absolute atomic E-state index is 11.9. The molecule has 2 atom stereocenters. The van der Waals surface area contributed by atoms with Crippen LogP contribution in [0.4, 0.5) is 11.5 Å². The second-order valence-corrected chi connectivity index (χ2v) is 5.54. The van der Waals surface area contributed by atoms with E-state index in [-0.39, 0.29) is 48.6 Å². The predicted molar refractivity (Wildman–Crippen MR) is 91.1 cm³/mol. The average molecular weight is 363 g/mol. The van der Waals surface area contributed by atoms with Crippen molar-refractivity contribution in [3.05, 3.63) is 18.3 Å². The Morgan fingerprint density at radius 1 is 1.17 bits per heavy atom. The molecule has 1 saturated carbocycles. The second-order valence-electron chi connectivity index (χ2n) is 5.54. The molecule has 7 nitrogen and oxygen atoms in total. The van der Waals surface area contributed by atoms with Gasteiger partial charge in [0.25, 0.3) is 0 Å². The van der Waals surface area contributed by atoms with Crippen molar-refractivity contribution < 1.29 is 14.7 Å². The number of amides is 2. The summed E-state index contributed by atoms with van der Waals surface area (Å²) < 4.78 is 0. The lowest BCUT2D eigenvalue weighted by Gasteiger charge is -2.11. The Labute approximate surface area is 146 Å². The first kappa shape index (κ1) is 19.6. The van der Waals surface area contributed by atoms with E-state index in [9.17, 15) is 14.7 Å². The molecular weight excluding hydrogens is 343 g/mol. The van der Waals surface area contributed by atoms with E-state index in [1.807, 2.05) is 0 Å². The third-order valence-corrected chi connectivity index (χ3v) is 3.65. The third-order valence-electron chi connectivity index (χ3n) is 3.65. The predicted octanol–water partition coefficient (Wildman–Crippen LogP) is 0.935. The van der Waals surface area contributed by atoms with Gasteiger partial charge in [0, 0.05) is 12.5 Å². The Hall–Kier alpha value is -1.41. The van der Waals surface area contributed by atoms with Crippen LogP contribution in [0.1, 0.15) is 19.3 Å². The molecule has 3 rings (SSSR count). The van der Waals surface area contributed by atoms with Gasteiger partial charge in [0.05, 0.1) is 24.0 Å². The topological polar surface area (TPSA) is 103 Å². The first-order valence-electron chi connectivity index (χ1n) is 7.11. The van der Waals surface area contributed by atoms with Gasteiger partial charge < -0.3 is 21.1 Å². The fraction of sp³-hybridized carbons (Fsp3) is 0.500. The van der Waals surface area contributed by atoms with E-state index in [2.05, 4.69) is 20.9 Å². The number of hydrogen-bond acceptors (Lipinski definition) is 5. The van der Waals surface area contributed by atoms with Gasteiger partial charge >= 0.3 is 0 Å². The fourth-order valence-electron chi connectivity index (χ4n) is 2.26. The zero-order valence-electron chi connectivity index (χ0n) is 12.3. The molecular formula is C14H20Cl2N4O3. The second kappa shape index (κ2) is 8.44. The van der Waals surface area contributed by atoms with E-state index in [1.54, 1.807) is 12.1 Å². The minimum absolute atomic E-state index is 0. The van der Waals surface area contributed by atoms with Crippen LogP contribution < -0.4 is 16.0 Å². The van der Waals surface area contributed by atoms with Gasteiger partial charge in [0.1, 0.15) is 5.82 Å². The molecule has 0 spiro atoms. The van der Waals surface area contributed by atoms with Crippen molar-refractivity contribution in [2.45, 2.75) is 31.4 Å². The lowest BCUT2D eigenvalue weighted by Crippen LogP contribution is -2.35. The number of nitrogens with one attached hydrogen (secondary N) is 3. The third kappa shape index (κ3) is 5.31. The molecule has 0 radical (unpaired) electrons. The lowest BCUT2D eigenvalue weighted by molar-refractivity contribution is -0.118. The fourth-order valence-corrected chi connectivity index (χ4v) is 2.26. The number of carbonyl (C=O) groups is 2. The zero-order chi connectivity index (χ0) is 14.8. The van der Waals surface area contributed by atoms with Crippen LogP contribution in [0.25, 0.3) is 0 Å². The number of β-amino-alcohol motifs (C(OH)–C–C–N with tert-alkyl or cyclic N) is 1. The summed E-state index contributed by atoms with van der Waals surface area (Å²) in [6, 6.07) is 2.97. The van der Waals surface area contributed by atoms with Gasteiger partial charge in [-0.05, 0) is 31.4 Å². The van der Waals surface area contributed by atoms with Gasteiger partial charge in [-0.1, -0.05) is 0 Å². The number of aromatic nitrogens is 1. The SMILES string of the molecule is Cl.Cl.O=C(Nc1ccc(NC(=O)C2CC(O)CN2)cn1)C1CC1. The van der Waals surface area contributed by atoms with Crippen LogP contribution in [-0.4, -0.2) is 40.6 Å². The summed E-state index contributed by atoms with van der Waals surface area (Å²) in [6.07, 6.45) is 3.33. The van der Waals surface area contributed by atoms with Crippen molar-refractivity contribution in [2.24, 2.45) is 5.92 Å². The summed E-state index contributed by atoms with van der Waals surface area (Å²) in [5, 5.41) is 17.8. The summed E-state index contributed by atoms with van der Waals surface area (Å²) in [6.45, 7) is 0.433. The highest BCUT2D eigenvalue weighted by Crippen LogP contribution is 2.29. The van der Waals surface area contributed by atoms with E-state index in [1.165, 1.54) is 6.20 Å². The summed E-state index contributed by atoms with van der Waals surface area (Å²) in [7, 11) is 0. The number of pyridine rings is 1. The van der Waals surface area contributed by atoms with Crippen molar-refractivity contribution in [2.75, 3.05) is 17.2 Å². The van der Waals surface area contributed by atoms with Crippen molar-refractivity contribution >= 4 is 48.1 Å². The molecule has 128 valence electrons. The van der Waals surface area contributed by atoms with Gasteiger partial charge in [-0.15, -0.1) is 24.8 Å². The van der Waals surface area contributed by atoms with Crippen LogP contribution in [-0.2, 0) is 9.59 Å². The molecule has 9 heteroatoms. The monoisotopic (exact) mass is 362 g/mol. The molecule has 23 heavy (non-hydrogen) atoms. The van der Waals surface area contributed by atoms with E-state index in [0.29, 0.717) is 24.5 Å². The highest BCUT2D eigenvalue weighted by Gasteiger charge is 2.30. The molecule has 1 aliphatic carbocycles. The number of rotatable bonds is 4. The smallest absolute Gasteiger partial charge is 0.241 e. The summed E-state index contributed by atoms with van der Waals surface area (Å²) in [5.41, 5.74) is 0.563. The summed E-state index contributed by atoms with van der Waals surface area (Å²) in [5.74, 6) is 0.428. The van der Waals surface area contributed by atoms with Crippen LogP contribution >= 0.6 is 24.8 Å². The Kier molecular flexibility index (Phi) is 7.21. The standard InChI is InChI=1S/C14H18N4O3.2ClH/c19-10-5-11(15-7-10)14(21)17-9-3-4-12(16-6-9)18-13(20)8-1-2-8;;/h3-4,6,8,10-11,15,19H,1-2,5,7H2,(H,17,21)(H,16,18,20);2*1H. The quantitative estimate of drug-likeness (QED) is 0.638. The number of nitrogens with zero attached hydrogens (tertiary/aromatic N) is 1. The van der Waals surface area contributed by atoms with Crippen molar-refractivity contribution in [3.8, 4) is 0 Å². The molecule has 1 saturated heterocycles. The van der Waals surface area contributed by atoms with E-state index < -0.39 is 6.10 Å². The first-order chi connectivity index (χ1) is 10.1. The zero-order valence-corrected chi connectivity index (χ0v) is 14.0. The molecule has 2 unspecified atom stereocenters. The Bertz CT molecular complexity index is 551. The van der Waals surface area contributed by atoms with Gasteiger partial charge in [-0.25, -0.2) is 4.98 Å². The number of hydrogen-bond donors (Lipinski definition) is 4.